The van der Waals surface area contributed by atoms with Gasteiger partial charge in [0.1, 0.15) is 11.0 Å². The molecular weight excluding hydrogens is 434 g/mol. The zero-order valence-electron chi connectivity index (χ0n) is 15.3. The number of carbonyl (C=O) groups excluding carboxylic acids is 1. The lowest BCUT2D eigenvalue weighted by Gasteiger charge is -2.12. The van der Waals surface area contributed by atoms with Gasteiger partial charge in [-0.3, -0.25) is 4.79 Å². The lowest BCUT2D eigenvalue weighted by atomic mass is 10.2. The fourth-order valence-corrected chi connectivity index (χ4v) is 5.51. The van der Waals surface area contributed by atoms with Crippen molar-refractivity contribution in [3.05, 3.63) is 53.2 Å². The van der Waals surface area contributed by atoms with Crippen molar-refractivity contribution in [3.8, 4) is 0 Å². The highest BCUT2D eigenvalue weighted by molar-refractivity contribution is 7.90. The molecule has 2 aromatic carbocycles. The van der Waals surface area contributed by atoms with Crippen LogP contribution in [0.3, 0.4) is 0 Å². The molecule has 0 N–H and O–H groups in total. The Morgan fingerprint density at radius 3 is 2.72 bits per heavy atom. The number of hydrogen-bond donors (Lipinski definition) is 0. The SMILES string of the molecule is COC(=O)CCCc1cc2cc(Cl)ccc2n1S(=O)(=O)c1ccc2nsnc2c1. The largest absolute Gasteiger partial charge is 0.469 e. The summed E-state index contributed by atoms with van der Waals surface area (Å²) >= 11 is 7.13. The van der Waals surface area contributed by atoms with Crippen molar-refractivity contribution in [2.45, 2.75) is 24.2 Å². The third-order valence-corrected chi connectivity index (χ3v) is 7.15. The van der Waals surface area contributed by atoms with Gasteiger partial charge in [-0.1, -0.05) is 11.6 Å². The van der Waals surface area contributed by atoms with Crippen LogP contribution < -0.4 is 0 Å². The van der Waals surface area contributed by atoms with Gasteiger partial charge >= 0.3 is 5.97 Å². The summed E-state index contributed by atoms with van der Waals surface area (Å²) < 4.78 is 41.3. The number of rotatable bonds is 6. The van der Waals surface area contributed by atoms with E-state index in [-0.39, 0.29) is 17.3 Å². The summed E-state index contributed by atoms with van der Waals surface area (Å²) in [5.74, 6) is -0.333. The van der Waals surface area contributed by atoms with E-state index < -0.39 is 10.0 Å². The van der Waals surface area contributed by atoms with Gasteiger partial charge in [-0.25, -0.2) is 12.4 Å². The fraction of sp³-hybridized carbons (Fsp3) is 0.211. The topological polar surface area (TPSA) is 91.2 Å². The first-order valence-electron chi connectivity index (χ1n) is 8.75. The maximum absolute atomic E-state index is 13.5. The summed E-state index contributed by atoms with van der Waals surface area (Å²) in [6.45, 7) is 0. The van der Waals surface area contributed by atoms with Crippen LogP contribution in [0.4, 0.5) is 0 Å². The van der Waals surface area contributed by atoms with E-state index in [9.17, 15) is 13.2 Å². The van der Waals surface area contributed by atoms with Gasteiger partial charge in [-0.15, -0.1) is 0 Å². The number of nitrogens with zero attached hydrogens (tertiary/aromatic N) is 3. The molecule has 0 fully saturated rings. The van der Waals surface area contributed by atoms with Crippen LogP contribution >= 0.6 is 23.3 Å². The van der Waals surface area contributed by atoms with Gasteiger partial charge in [0.2, 0.25) is 0 Å². The van der Waals surface area contributed by atoms with Crippen LogP contribution in [0.5, 0.6) is 0 Å². The summed E-state index contributed by atoms with van der Waals surface area (Å²) in [6.07, 6.45) is 1.05. The van der Waals surface area contributed by atoms with Gasteiger partial charge in [-0.05, 0) is 55.3 Å². The van der Waals surface area contributed by atoms with Gasteiger partial charge < -0.3 is 4.74 Å². The monoisotopic (exact) mass is 449 g/mol. The van der Waals surface area contributed by atoms with Crippen LogP contribution in [0, 0.1) is 0 Å². The molecular formula is C19H16ClN3O4S2. The minimum absolute atomic E-state index is 0.124. The predicted octanol–water partition coefficient (Wildman–Crippen LogP) is 4.03. The third-order valence-electron chi connectivity index (χ3n) is 4.60. The van der Waals surface area contributed by atoms with Crippen molar-refractivity contribution in [3.63, 3.8) is 0 Å². The second-order valence-electron chi connectivity index (χ2n) is 6.45. The zero-order valence-corrected chi connectivity index (χ0v) is 17.7. The van der Waals surface area contributed by atoms with Crippen LogP contribution in [0.25, 0.3) is 21.9 Å². The van der Waals surface area contributed by atoms with Crippen molar-refractivity contribution in [1.82, 2.24) is 12.7 Å². The molecule has 0 aliphatic carbocycles. The van der Waals surface area contributed by atoms with Crippen LogP contribution in [0.15, 0.2) is 47.4 Å². The van der Waals surface area contributed by atoms with Crippen LogP contribution in [-0.2, 0) is 26.0 Å². The lowest BCUT2D eigenvalue weighted by Crippen LogP contribution is -2.16. The Hall–Kier alpha value is -2.49. The van der Waals surface area contributed by atoms with Crippen molar-refractivity contribution in [1.29, 1.82) is 0 Å². The van der Waals surface area contributed by atoms with Crippen molar-refractivity contribution in [2.75, 3.05) is 7.11 Å². The molecule has 4 aromatic rings. The number of ether oxygens (including phenoxy) is 1. The summed E-state index contributed by atoms with van der Waals surface area (Å²) in [5, 5.41) is 1.23. The maximum Gasteiger partial charge on any atom is 0.305 e. The molecule has 0 aliphatic rings. The van der Waals surface area contributed by atoms with E-state index in [0.29, 0.717) is 45.5 Å². The molecule has 0 saturated carbocycles. The van der Waals surface area contributed by atoms with E-state index in [1.807, 2.05) is 0 Å². The first kappa shape index (κ1) is 19.8. The lowest BCUT2D eigenvalue weighted by molar-refractivity contribution is -0.140. The smallest absolute Gasteiger partial charge is 0.305 e. The molecule has 2 heterocycles. The molecule has 150 valence electrons. The van der Waals surface area contributed by atoms with Crippen LogP contribution in [0.1, 0.15) is 18.5 Å². The van der Waals surface area contributed by atoms with Gasteiger partial charge in [0.25, 0.3) is 10.0 Å². The van der Waals surface area contributed by atoms with Gasteiger partial charge in [0.15, 0.2) is 0 Å². The van der Waals surface area contributed by atoms with E-state index in [2.05, 4.69) is 13.5 Å². The average Bonchev–Trinajstić information content (AvgIpc) is 3.31. The first-order valence-corrected chi connectivity index (χ1v) is 11.3. The maximum atomic E-state index is 13.5. The molecule has 0 radical (unpaired) electrons. The highest BCUT2D eigenvalue weighted by Gasteiger charge is 2.24. The number of hydrogen-bond acceptors (Lipinski definition) is 7. The molecule has 0 aliphatic heterocycles. The number of methoxy groups -OCH3 is 1. The summed E-state index contributed by atoms with van der Waals surface area (Å²) in [4.78, 5) is 11.6. The number of halogens is 1. The number of carbonyl (C=O) groups is 1. The zero-order chi connectivity index (χ0) is 20.6. The normalized spacial score (nSPS) is 11.9. The molecule has 0 atom stereocenters. The van der Waals surface area contributed by atoms with E-state index in [1.54, 1.807) is 30.3 Å². The number of esters is 1. The van der Waals surface area contributed by atoms with Crippen molar-refractivity contribution in [2.24, 2.45) is 0 Å². The minimum Gasteiger partial charge on any atom is -0.469 e. The van der Waals surface area contributed by atoms with Gasteiger partial charge in [0, 0.05) is 22.5 Å². The number of aromatic nitrogens is 3. The van der Waals surface area contributed by atoms with E-state index in [4.69, 9.17) is 11.6 Å². The highest BCUT2D eigenvalue weighted by Crippen LogP contribution is 2.29. The Bertz CT molecular complexity index is 1330. The summed E-state index contributed by atoms with van der Waals surface area (Å²) in [7, 11) is -2.57. The van der Waals surface area contributed by atoms with Crippen molar-refractivity contribution < 1.29 is 17.9 Å². The average molecular weight is 450 g/mol. The molecule has 2 aromatic heterocycles. The fourth-order valence-electron chi connectivity index (χ4n) is 3.22. The molecule has 10 heteroatoms. The third kappa shape index (κ3) is 3.73. The summed E-state index contributed by atoms with van der Waals surface area (Å²) in [6, 6.07) is 11.5. The molecule has 29 heavy (non-hydrogen) atoms. The first-order chi connectivity index (χ1) is 13.9. The van der Waals surface area contributed by atoms with Gasteiger partial charge in [-0.2, -0.15) is 8.75 Å². The minimum atomic E-state index is -3.90. The van der Waals surface area contributed by atoms with Crippen LogP contribution in [-0.4, -0.2) is 34.2 Å². The Morgan fingerprint density at radius 1 is 1.14 bits per heavy atom. The number of benzene rings is 2. The highest BCUT2D eigenvalue weighted by atomic mass is 35.5. The van der Waals surface area contributed by atoms with E-state index in [1.165, 1.54) is 23.2 Å². The number of fused-ring (bicyclic) bond motifs is 2. The molecule has 0 spiro atoms. The standard InChI is InChI=1S/C19H16ClN3O4S2/c1-27-19(24)4-2-3-14-10-12-9-13(20)5-8-18(12)23(14)29(25,26)15-6-7-16-17(11-15)22-28-21-16/h5-11H,2-4H2,1H3. The number of aryl methyl sites for hydroxylation is 1. The molecule has 0 saturated heterocycles. The second kappa shape index (κ2) is 7.74. The second-order valence-corrected chi connectivity index (χ2v) is 9.20. The molecule has 4 rings (SSSR count). The van der Waals surface area contributed by atoms with Gasteiger partial charge in [0.05, 0.1) is 29.3 Å². The Kier molecular flexibility index (Phi) is 5.28. The quantitative estimate of drug-likeness (QED) is 0.413. The molecule has 0 amide bonds. The Balaban J connectivity index is 1.83. The molecule has 0 unspecified atom stereocenters. The van der Waals surface area contributed by atoms with Crippen molar-refractivity contribution >= 4 is 61.3 Å². The van der Waals surface area contributed by atoms with E-state index >= 15 is 0 Å². The summed E-state index contributed by atoms with van der Waals surface area (Å²) in [5.41, 5.74) is 2.28. The van der Waals surface area contributed by atoms with E-state index in [0.717, 1.165) is 11.7 Å². The Morgan fingerprint density at radius 2 is 1.93 bits per heavy atom. The Labute approximate surface area is 176 Å². The predicted molar refractivity (Wildman–Crippen MR) is 112 cm³/mol. The molecule has 0 bridgehead atoms. The molecule has 7 nitrogen and oxygen atoms in total. The van der Waals surface area contributed by atoms with Crippen LogP contribution in [0.2, 0.25) is 5.02 Å².